The van der Waals surface area contributed by atoms with E-state index >= 15 is 0 Å². The van der Waals surface area contributed by atoms with Gasteiger partial charge in [0.1, 0.15) is 11.6 Å². The van der Waals surface area contributed by atoms with E-state index in [1.807, 2.05) is 31.2 Å². The number of sulfone groups is 1. The lowest BCUT2D eigenvalue weighted by molar-refractivity contribution is -0.117. The highest BCUT2D eigenvalue weighted by molar-refractivity contribution is 8.16. The van der Waals surface area contributed by atoms with Gasteiger partial charge in [0.2, 0.25) is 0 Å². The zero-order valence-electron chi connectivity index (χ0n) is 19.2. The number of fused-ring (bicyclic) bond motifs is 1. The molecule has 0 aliphatic carbocycles. The third-order valence-corrected chi connectivity index (χ3v) is 9.40. The van der Waals surface area contributed by atoms with Crippen LogP contribution in [0.3, 0.4) is 0 Å². The van der Waals surface area contributed by atoms with Crippen LogP contribution in [0.1, 0.15) is 11.1 Å². The normalized spacial score (nSPS) is 21.5. The molecule has 2 saturated heterocycles. The van der Waals surface area contributed by atoms with Gasteiger partial charge in [-0.05, 0) is 60.5 Å². The van der Waals surface area contributed by atoms with E-state index in [-0.39, 0.29) is 29.0 Å². The fourth-order valence-corrected chi connectivity index (χ4v) is 8.43. The van der Waals surface area contributed by atoms with Crippen molar-refractivity contribution in [3.05, 3.63) is 88.7 Å². The molecular weight excluding hydrogens is 523 g/mol. The first-order valence-corrected chi connectivity index (χ1v) is 14.3. The summed E-state index contributed by atoms with van der Waals surface area (Å²) in [4.78, 5) is 19.0. The van der Waals surface area contributed by atoms with Gasteiger partial charge in [-0.15, -0.1) is 0 Å². The molecule has 36 heavy (non-hydrogen) atoms. The monoisotopic (exact) mass is 544 g/mol. The Morgan fingerprint density at radius 2 is 1.92 bits per heavy atom. The van der Waals surface area contributed by atoms with Crippen LogP contribution in [0.25, 0.3) is 0 Å². The zero-order chi connectivity index (χ0) is 25.4. The van der Waals surface area contributed by atoms with E-state index in [4.69, 9.17) is 16.3 Å². The molecule has 3 aromatic carbocycles. The molecule has 5 rings (SSSR count). The highest BCUT2D eigenvalue weighted by Crippen LogP contribution is 2.45. The molecular formula is C26H22ClFN2O4S2. The average Bonchev–Trinajstić information content (AvgIpc) is 3.27. The first-order valence-electron chi connectivity index (χ1n) is 11.2. The number of halogens is 2. The number of amidine groups is 1. The average molecular weight is 545 g/mol. The van der Waals surface area contributed by atoms with Crippen molar-refractivity contribution in [1.82, 2.24) is 0 Å². The number of aliphatic imine (C=N–C) groups is 1. The van der Waals surface area contributed by atoms with Gasteiger partial charge in [-0.1, -0.05) is 47.6 Å². The topological polar surface area (TPSA) is 76.0 Å². The van der Waals surface area contributed by atoms with Gasteiger partial charge in [0, 0.05) is 10.3 Å². The summed E-state index contributed by atoms with van der Waals surface area (Å²) in [5.74, 6) is 0.220. The number of hydrogen-bond donors (Lipinski definition) is 0. The number of carbonyl (C=O) groups excluding carboxylic acids is 1. The minimum absolute atomic E-state index is 0.00135. The first-order chi connectivity index (χ1) is 17.2. The van der Waals surface area contributed by atoms with E-state index < -0.39 is 21.8 Å². The standard InChI is InChI=1S/C26H22ClFN2O4S2/c1-16-3-2-4-20(11-16)34-23-10-7-18(27)13-21(23)30-22-14-36(32,33)15-24(22)35-26(30)29-25(31)12-17-5-8-19(28)9-6-17/h2-11,13,22,24H,12,14-15H2,1H3. The second kappa shape index (κ2) is 9.88. The third kappa shape index (κ3) is 5.43. The van der Waals surface area contributed by atoms with Crippen molar-refractivity contribution in [3.8, 4) is 11.5 Å². The van der Waals surface area contributed by atoms with Gasteiger partial charge in [0.15, 0.2) is 20.8 Å². The van der Waals surface area contributed by atoms with E-state index in [9.17, 15) is 17.6 Å². The van der Waals surface area contributed by atoms with E-state index in [2.05, 4.69) is 4.99 Å². The Morgan fingerprint density at radius 3 is 2.67 bits per heavy atom. The number of amides is 1. The van der Waals surface area contributed by atoms with Gasteiger partial charge < -0.3 is 9.64 Å². The fraction of sp³-hybridized carbons (Fsp3) is 0.231. The summed E-state index contributed by atoms with van der Waals surface area (Å²) in [5, 5.41) is 0.550. The SMILES string of the molecule is Cc1cccc(Oc2ccc(Cl)cc2N2C(=NC(=O)Cc3ccc(F)cc3)SC3CS(=O)(=O)CC32)c1. The Morgan fingerprint density at radius 1 is 1.14 bits per heavy atom. The van der Waals surface area contributed by atoms with Crippen molar-refractivity contribution in [3.63, 3.8) is 0 Å². The van der Waals surface area contributed by atoms with Crippen LogP contribution in [0.15, 0.2) is 71.7 Å². The third-order valence-electron chi connectivity index (χ3n) is 5.95. The molecule has 0 N–H and O–H groups in total. The lowest BCUT2D eigenvalue weighted by Gasteiger charge is -2.27. The van der Waals surface area contributed by atoms with E-state index in [1.165, 1.54) is 23.9 Å². The molecule has 6 nitrogen and oxygen atoms in total. The second-order valence-corrected chi connectivity index (χ2v) is 12.6. The van der Waals surface area contributed by atoms with Crippen LogP contribution in [0.4, 0.5) is 10.1 Å². The predicted octanol–water partition coefficient (Wildman–Crippen LogP) is 5.42. The number of aryl methyl sites for hydroxylation is 1. The molecule has 0 radical (unpaired) electrons. The zero-order valence-corrected chi connectivity index (χ0v) is 21.6. The second-order valence-electron chi connectivity index (χ2n) is 8.79. The summed E-state index contributed by atoms with van der Waals surface area (Å²) in [6, 6.07) is 17.9. The van der Waals surface area contributed by atoms with Gasteiger partial charge in [0.05, 0.1) is 29.7 Å². The van der Waals surface area contributed by atoms with Gasteiger partial charge in [0.25, 0.3) is 5.91 Å². The Balaban J connectivity index is 1.52. The van der Waals surface area contributed by atoms with Crippen LogP contribution in [-0.2, 0) is 21.1 Å². The van der Waals surface area contributed by atoms with Crippen molar-refractivity contribution >= 4 is 50.0 Å². The number of rotatable bonds is 5. The molecule has 10 heteroatoms. The Hall–Kier alpha value is -2.88. The molecule has 2 atom stereocenters. The minimum atomic E-state index is -3.25. The van der Waals surface area contributed by atoms with E-state index in [1.54, 1.807) is 35.2 Å². The van der Waals surface area contributed by atoms with Crippen LogP contribution in [0, 0.1) is 12.7 Å². The number of thioether (sulfide) groups is 1. The summed E-state index contributed by atoms with van der Waals surface area (Å²) in [5.41, 5.74) is 2.19. The first kappa shape index (κ1) is 24.8. The number of hydrogen-bond acceptors (Lipinski definition) is 5. The summed E-state index contributed by atoms with van der Waals surface area (Å²) in [7, 11) is -3.25. The van der Waals surface area contributed by atoms with Crippen LogP contribution in [0.2, 0.25) is 5.02 Å². The van der Waals surface area contributed by atoms with Gasteiger partial charge in [-0.2, -0.15) is 4.99 Å². The molecule has 2 unspecified atom stereocenters. The molecule has 2 heterocycles. The molecule has 186 valence electrons. The lowest BCUT2D eigenvalue weighted by Crippen LogP contribution is -2.38. The molecule has 0 bridgehead atoms. The maximum Gasteiger partial charge on any atom is 0.252 e. The van der Waals surface area contributed by atoms with Crippen molar-refractivity contribution < 1.29 is 22.3 Å². The molecule has 0 spiro atoms. The van der Waals surface area contributed by atoms with Crippen molar-refractivity contribution in [1.29, 1.82) is 0 Å². The predicted molar refractivity (Wildman–Crippen MR) is 142 cm³/mol. The van der Waals surface area contributed by atoms with Crippen LogP contribution in [-0.4, -0.2) is 42.3 Å². The largest absolute Gasteiger partial charge is 0.455 e. The number of anilines is 1. The Kier molecular flexibility index (Phi) is 6.80. The van der Waals surface area contributed by atoms with Crippen molar-refractivity contribution in [2.45, 2.75) is 24.6 Å². The Labute approximate surface area is 218 Å². The summed E-state index contributed by atoms with van der Waals surface area (Å²) in [6.07, 6.45) is -0.00595. The molecule has 1 amide bonds. The highest BCUT2D eigenvalue weighted by atomic mass is 35.5. The van der Waals surface area contributed by atoms with E-state index in [0.29, 0.717) is 32.9 Å². The van der Waals surface area contributed by atoms with Gasteiger partial charge in [-0.3, -0.25) is 4.79 Å². The van der Waals surface area contributed by atoms with Crippen LogP contribution < -0.4 is 9.64 Å². The number of benzene rings is 3. The maximum atomic E-state index is 13.2. The number of ether oxygens (including phenoxy) is 1. The minimum Gasteiger partial charge on any atom is -0.455 e. The summed E-state index contributed by atoms with van der Waals surface area (Å²) in [6.45, 7) is 1.96. The van der Waals surface area contributed by atoms with Crippen LogP contribution >= 0.6 is 23.4 Å². The molecule has 2 aliphatic rings. The quantitative estimate of drug-likeness (QED) is 0.427. The maximum absolute atomic E-state index is 13.2. The molecule has 0 aromatic heterocycles. The summed E-state index contributed by atoms with van der Waals surface area (Å²) >= 11 is 7.62. The van der Waals surface area contributed by atoms with Gasteiger partial charge in [-0.25, -0.2) is 12.8 Å². The van der Waals surface area contributed by atoms with Crippen LogP contribution in [0.5, 0.6) is 11.5 Å². The van der Waals surface area contributed by atoms with Gasteiger partial charge >= 0.3 is 0 Å². The fourth-order valence-electron chi connectivity index (χ4n) is 4.34. The molecule has 0 saturated carbocycles. The van der Waals surface area contributed by atoms with Crippen molar-refractivity contribution in [2.24, 2.45) is 4.99 Å². The molecule has 2 aliphatic heterocycles. The van der Waals surface area contributed by atoms with Crippen molar-refractivity contribution in [2.75, 3.05) is 16.4 Å². The molecule has 3 aromatic rings. The number of carbonyl (C=O) groups is 1. The number of nitrogens with zero attached hydrogens (tertiary/aromatic N) is 2. The lowest BCUT2D eigenvalue weighted by atomic mass is 10.1. The Bertz CT molecular complexity index is 1460. The highest BCUT2D eigenvalue weighted by Gasteiger charge is 2.50. The molecule has 2 fully saturated rings. The smallest absolute Gasteiger partial charge is 0.252 e. The summed E-state index contributed by atoms with van der Waals surface area (Å²) < 4.78 is 44.4. The van der Waals surface area contributed by atoms with E-state index in [0.717, 1.165) is 5.56 Å².